The van der Waals surface area contributed by atoms with Gasteiger partial charge >= 0.3 is 6.09 Å². The van der Waals surface area contributed by atoms with Gasteiger partial charge in [0.05, 0.1) is 6.54 Å². The highest BCUT2D eigenvalue weighted by Crippen LogP contribution is 2.38. The van der Waals surface area contributed by atoms with Gasteiger partial charge in [0.2, 0.25) is 0 Å². The molecule has 1 unspecified atom stereocenters. The lowest BCUT2D eigenvalue weighted by atomic mass is 9.92. The number of pyridine rings is 1. The highest BCUT2D eigenvalue weighted by atomic mass is 32.2. The van der Waals surface area contributed by atoms with E-state index in [1.54, 1.807) is 13.8 Å². The van der Waals surface area contributed by atoms with Gasteiger partial charge < -0.3 is 15.3 Å². The number of primary sulfonamides is 1. The summed E-state index contributed by atoms with van der Waals surface area (Å²) < 4.78 is 51.1. The van der Waals surface area contributed by atoms with E-state index in [2.05, 4.69) is 10.3 Å². The summed E-state index contributed by atoms with van der Waals surface area (Å²) in [5, 5.41) is 16.1. The van der Waals surface area contributed by atoms with Crippen molar-refractivity contribution in [3.8, 4) is 0 Å². The molecule has 0 bridgehead atoms. The highest BCUT2D eigenvalue weighted by molar-refractivity contribution is 7.89. The Morgan fingerprint density at radius 3 is 2.69 bits per heavy atom. The molecule has 1 aliphatic heterocycles. The first-order chi connectivity index (χ1) is 11.8. The molecule has 2 rings (SSSR count). The van der Waals surface area contributed by atoms with Crippen molar-refractivity contribution in [2.45, 2.75) is 43.2 Å². The lowest BCUT2D eigenvalue weighted by molar-refractivity contribution is -0.00844. The van der Waals surface area contributed by atoms with E-state index in [4.69, 9.17) is 10.2 Å². The SMILES string of the molecule is CC1(C)CC(CC(F)(F)CNc2cccc(S(N)(=O)=O)n2)CN1C(=O)O. The van der Waals surface area contributed by atoms with E-state index >= 15 is 0 Å². The van der Waals surface area contributed by atoms with Crippen LogP contribution in [0.2, 0.25) is 0 Å². The third-order valence-corrected chi connectivity index (χ3v) is 5.13. The normalized spacial score (nSPS) is 20.2. The summed E-state index contributed by atoms with van der Waals surface area (Å²) >= 11 is 0. The Bertz CT molecular complexity index is 786. The quantitative estimate of drug-likeness (QED) is 0.679. The Morgan fingerprint density at radius 1 is 1.50 bits per heavy atom. The maximum Gasteiger partial charge on any atom is 0.407 e. The smallest absolute Gasteiger partial charge is 0.407 e. The van der Waals surface area contributed by atoms with Crippen LogP contribution in [0.5, 0.6) is 0 Å². The molecular weight excluding hydrogens is 370 g/mol. The molecule has 0 radical (unpaired) electrons. The Hall–Kier alpha value is -2.01. The number of hydrogen-bond donors (Lipinski definition) is 3. The molecule has 1 fully saturated rings. The van der Waals surface area contributed by atoms with E-state index in [9.17, 15) is 22.0 Å². The molecule has 1 aliphatic rings. The monoisotopic (exact) mass is 392 g/mol. The fourth-order valence-corrected chi connectivity index (χ4v) is 3.74. The minimum Gasteiger partial charge on any atom is -0.465 e. The number of nitrogens with two attached hydrogens (primary N) is 1. The number of sulfonamides is 1. The summed E-state index contributed by atoms with van der Waals surface area (Å²) in [7, 11) is -4.02. The van der Waals surface area contributed by atoms with Gasteiger partial charge in [0.1, 0.15) is 5.82 Å². The van der Waals surface area contributed by atoms with Gasteiger partial charge in [0, 0.05) is 18.5 Å². The number of carboxylic acid groups (broad SMARTS) is 1. The lowest BCUT2D eigenvalue weighted by Crippen LogP contribution is -2.41. The van der Waals surface area contributed by atoms with Crippen molar-refractivity contribution >= 4 is 21.9 Å². The molecule has 0 aromatic carbocycles. The molecule has 1 saturated heterocycles. The van der Waals surface area contributed by atoms with Crippen LogP contribution in [0, 0.1) is 5.92 Å². The minimum atomic E-state index is -4.02. The molecule has 1 atom stereocenters. The summed E-state index contributed by atoms with van der Waals surface area (Å²) in [6, 6.07) is 3.87. The first kappa shape index (κ1) is 20.3. The van der Waals surface area contributed by atoms with Crippen molar-refractivity contribution in [3.05, 3.63) is 18.2 Å². The number of hydrogen-bond acceptors (Lipinski definition) is 5. The predicted molar refractivity (Wildman–Crippen MR) is 90.6 cm³/mol. The third kappa shape index (κ3) is 5.01. The van der Waals surface area contributed by atoms with Crippen LogP contribution >= 0.6 is 0 Å². The van der Waals surface area contributed by atoms with Gasteiger partial charge in [-0.25, -0.2) is 32.1 Å². The lowest BCUT2D eigenvalue weighted by Gasteiger charge is -2.28. The van der Waals surface area contributed by atoms with Crippen molar-refractivity contribution < 1.29 is 27.1 Å². The molecule has 2 heterocycles. The first-order valence-corrected chi connectivity index (χ1v) is 9.47. The second-order valence-electron chi connectivity index (χ2n) is 7.10. The van der Waals surface area contributed by atoms with Gasteiger partial charge in [0.25, 0.3) is 15.9 Å². The van der Waals surface area contributed by atoms with Gasteiger partial charge in [-0.15, -0.1) is 0 Å². The van der Waals surface area contributed by atoms with Gasteiger partial charge in [-0.3, -0.25) is 0 Å². The van der Waals surface area contributed by atoms with Crippen LogP contribution in [0.15, 0.2) is 23.2 Å². The van der Waals surface area contributed by atoms with Crippen LogP contribution in [-0.2, 0) is 10.0 Å². The summed E-state index contributed by atoms with van der Waals surface area (Å²) in [6.45, 7) is 2.72. The first-order valence-electron chi connectivity index (χ1n) is 7.92. The molecule has 0 saturated carbocycles. The van der Waals surface area contributed by atoms with Gasteiger partial charge in [0.15, 0.2) is 5.03 Å². The van der Waals surface area contributed by atoms with Crippen LogP contribution < -0.4 is 10.5 Å². The van der Waals surface area contributed by atoms with Crippen LogP contribution in [0.1, 0.15) is 26.7 Å². The van der Waals surface area contributed by atoms with Gasteiger partial charge in [-0.2, -0.15) is 0 Å². The number of rotatable bonds is 6. The standard InChI is InChI=1S/C15H22F2N4O4S/c1-14(2)6-10(8-21(14)13(22)23)7-15(16,17)9-19-11-4-3-5-12(20-11)26(18,24)25/h3-5,10H,6-9H2,1-2H3,(H,19,20)(H,22,23)(H2,18,24,25). The molecule has 0 spiro atoms. The van der Waals surface area contributed by atoms with Crippen molar-refractivity contribution in [2.24, 2.45) is 11.1 Å². The number of carbonyl (C=O) groups is 1. The molecule has 4 N–H and O–H groups in total. The number of nitrogens with zero attached hydrogens (tertiary/aromatic N) is 2. The van der Waals surface area contributed by atoms with Gasteiger partial charge in [-0.1, -0.05) is 6.07 Å². The Labute approximate surface area is 150 Å². The maximum absolute atomic E-state index is 14.3. The zero-order chi connectivity index (χ0) is 19.8. The van der Waals surface area contributed by atoms with Crippen LogP contribution in [0.25, 0.3) is 0 Å². The van der Waals surface area contributed by atoms with E-state index in [-0.39, 0.29) is 12.4 Å². The summed E-state index contributed by atoms with van der Waals surface area (Å²) in [5.74, 6) is -3.62. The number of amides is 1. The van der Waals surface area contributed by atoms with Gasteiger partial charge in [-0.05, 0) is 38.3 Å². The Balaban J connectivity index is 1.99. The molecule has 1 aromatic heterocycles. The van der Waals surface area contributed by atoms with Crippen LogP contribution in [-0.4, -0.2) is 54.1 Å². The van der Waals surface area contributed by atoms with Crippen molar-refractivity contribution in [2.75, 3.05) is 18.4 Å². The Morgan fingerprint density at radius 2 is 2.15 bits per heavy atom. The van der Waals surface area contributed by atoms with Crippen molar-refractivity contribution in [3.63, 3.8) is 0 Å². The summed E-state index contributed by atoms with van der Waals surface area (Å²) in [5.41, 5.74) is -0.689. The van der Waals surface area contributed by atoms with E-state index in [1.165, 1.54) is 23.1 Å². The Kier molecular flexibility index (Phi) is 5.43. The second kappa shape index (κ2) is 6.95. The average molecular weight is 392 g/mol. The zero-order valence-electron chi connectivity index (χ0n) is 14.4. The highest BCUT2D eigenvalue weighted by Gasteiger charge is 2.45. The van der Waals surface area contributed by atoms with Crippen molar-refractivity contribution in [1.29, 1.82) is 0 Å². The number of aromatic nitrogens is 1. The predicted octanol–water partition coefficient (Wildman–Crippen LogP) is 1.94. The average Bonchev–Trinajstić information content (AvgIpc) is 2.78. The van der Waals surface area contributed by atoms with E-state index < -0.39 is 51.5 Å². The van der Waals surface area contributed by atoms with E-state index in [0.717, 1.165) is 0 Å². The number of alkyl halides is 2. The molecule has 26 heavy (non-hydrogen) atoms. The molecule has 11 heteroatoms. The van der Waals surface area contributed by atoms with Crippen LogP contribution in [0.3, 0.4) is 0 Å². The topological polar surface area (TPSA) is 126 Å². The number of nitrogens with one attached hydrogen (secondary N) is 1. The molecule has 146 valence electrons. The second-order valence-corrected chi connectivity index (χ2v) is 8.60. The third-order valence-electron chi connectivity index (χ3n) is 4.32. The maximum atomic E-state index is 14.3. The molecule has 8 nitrogen and oxygen atoms in total. The number of halogens is 2. The van der Waals surface area contributed by atoms with E-state index in [1.807, 2.05) is 0 Å². The van der Waals surface area contributed by atoms with Crippen LogP contribution in [0.4, 0.5) is 19.4 Å². The summed E-state index contributed by atoms with van der Waals surface area (Å²) in [6.07, 6.45) is -1.26. The number of anilines is 1. The fraction of sp³-hybridized carbons (Fsp3) is 0.600. The zero-order valence-corrected chi connectivity index (χ0v) is 15.3. The molecule has 0 aliphatic carbocycles. The molecular formula is C15H22F2N4O4S. The summed E-state index contributed by atoms with van der Waals surface area (Å²) in [4.78, 5) is 16.1. The number of likely N-dealkylation sites (tertiary alicyclic amines) is 1. The molecule has 1 amide bonds. The van der Waals surface area contributed by atoms with Crippen molar-refractivity contribution in [1.82, 2.24) is 9.88 Å². The fourth-order valence-electron chi connectivity index (χ4n) is 3.25. The van der Waals surface area contributed by atoms with E-state index in [0.29, 0.717) is 6.42 Å². The largest absolute Gasteiger partial charge is 0.465 e. The molecule has 1 aromatic rings. The minimum absolute atomic E-state index is 0.0323.